The Morgan fingerprint density at radius 3 is 2.19 bits per heavy atom. The fraction of sp³-hybridized carbons (Fsp3) is 0.500. The van der Waals surface area contributed by atoms with E-state index in [0.717, 1.165) is 16.7 Å². The maximum absolute atomic E-state index is 6.22. The van der Waals surface area contributed by atoms with Gasteiger partial charge in [0.2, 0.25) is 0 Å². The third-order valence-corrected chi connectivity index (χ3v) is 3.67. The molecule has 1 aromatic rings. The highest BCUT2D eigenvalue weighted by Crippen LogP contribution is 2.39. The van der Waals surface area contributed by atoms with Crippen molar-refractivity contribution in [3.63, 3.8) is 0 Å². The molecule has 4 heteroatoms. The van der Waals surface area contributed by atoms with Gasteiger partial charge in [0, 0.05) is 16.6 Å². The molecule has 0 spiro atoms. The fourth-order valence-electron chi connectivity index (χ4n) is 1.76. The average Bonchev–Trinajstić information content (AvgIpc) is 2.23. The zero-order valence-electron chi connectivity index (χ0n) is 10.0. The third kappa shape index (κ3) is 2.45. The van der Waals surface area contributed by atoms with Crippen LogP contribution in [0.25, 0.3) is 0 Å². The predicted octanol–water partition coefficient (Wildman–Crippen LogP) is 3.51. The molecule has 0 fully saturated rings. The molecule has 1 aromatic carbocycles. The van der Waals surface area contributed by atoms with Crippen molar-refractivity contribution in [3.05, 3.63) is 26.7 Å². The van der Waals surface area contributed by atoms with Gasteiger partial charge >= 0.3 is 0 Å². The molecule has 1 atom stereocenters. The Hall–Kier alpha value is -0.440. The Morgan fingerprint density at radius 1 is 1.19 bits per heavy atom. The molecule has 0 amide bonds. The molecule has 1 rings (SSSR count). The van der Waals surface area contributed by atoms with Gasteiger partial charge in [-0.1, -0.05) is 23.2 Å². The fourth-order valence-corrected chi connectivity index (χ4v) is 2.31. The van der Waals surface area contributed by atoms with Crippen LogP contribution in [0.15, 0.2) is 0 Å². The molecule has 0 aliphatic rings. The summed E-state index contributed by atoms with van der Waals surface area (Å²) in [7, 11) is 1.61. The molecule has 0 aliphatic carbocycles. The van der Waals surface area contributed by atoms with Crippen molar-refractivity contribution < 1.29 is 4.74 Å². The van der Waals surface area contributed by atoms with E-state index in [9.17, 15) is 0 Å². The lowest BCUT2D eigenvalue weighted by molar-refractivity contribution is 0.408. The first kappa shape index (κ1) is 13.6. The molecule has 0 heterocycles. The number of hydrogen-bond donors (Lipinski definition) is 1. The van der Waals surface area contributed by atoms with E-state index in [0.29, 0.717) is 22.2 Å². The van der Waals surface area contributed by atoms with E-state index in [4.69, 9.17) is 33.7 Å². The van der Waals surface area contributed by atoms with Crippen molar-refractivity contribution in [2.24, 2.45) is 5.73 Å². The molecule has 16 heavy (non-hydrogen) atoms. The van der Waals surface area contributed by atoms with Crippen molar-refractivity contribution in [3.8, 4) is 5.75 Å². The number of hydrogen-bond acceptors (Lipinski definition) is 2. The first-order chi connectivity index (χ1) is 7.40. The van der Waals surface area contributed by atoms with E-state index in [1.807, 2.05) is 20.8 Å². The highest BCUT2D eigenvalue weighted by atomic mass is 35.5. The van der Waals surface area contributed by atoms with Gasteiger partial charge in [0.15, 0.2) is 0 Å². The van der Waals surface area contributed by atoms with E-state index in [-0.39, 0.29) is 6.04 Å². The minimum Gasteiger partial charge on any atom is -0.495 e. The molecule has 0 radical (unpaired) electrons. The lowest BCUT2D eigenvalue weighted by atomic mass is 9.98. The van der Waals surface area contributed by atoms with Crippen molar-refractivity contribution in [2.45, 2.75) is 33.2 Å². The molecule has 0 aromatic heterocycles. The number of rotatable bonds is 3. The molecule has 2 nitrogen and oxygen atoms in total. The SMILES string of the molecule is COc1c(Cl)c(C)c(Cl)c(C)c1CC(C)N. The Kier molecular flexibility index (Phi) is 4.48. The Labute approximate surface area is 107 Å². The van der Waals surface area contributed by atoms with Crippen molar-refractivity contribution in [1.29, 1.82) is 0 Å². The molecule has 0 bridgehead atoms. The Morgan fingerprint density at radius 2 is 1.75 bits per heavy atom. The van der Waals surface area contributed by atoms with Gasteiger partial charge in [-0.15, -0.1) is 0 Å². The summed E-state index contributed by atoms with van der Waals surface area (Å²) in [6, 6.07) is 0.0439. The summed E-state index contributed by atoms with van der Waals surface area (Å²) in [5, 5.41) is 1.27. The number of methoxy groups -OCH3 is 1. The van der Waals surface area contributed by atoms with Crippen LogP contribution in [-0.2, 0) is 6.42 Å². The van der Waals surface area contributed by atoms with Crippen molar-refractivity contribution in [2.75, 3.05) is 7.11 Å². The number of ether oxygens (including phenoxy) is 1. The standard InChI is InChI=1S/C12H17Cl2NO/c1-6(15)5-9-7(2)10(13)8(3)11(14)12(9)16-4/h6H,5,15H2,1-4H3. The summed E-state index contributed by atoms with van der Waals surface area (Å²) in [4.78, 5) is 0. The van der Waals surface area contributed by atoms with E-state index < -0.39 is 0 Å². The summed E-state index contributed by atoms with van der Waals surface area (Å²) in [5.41, 5.74) is 8.66. The maximum Gasteiger partial charge on any atom is 0.141 e. The Bertz CT molecular complexity index is 403. The van der Waals surface area contributed by atoms with E-state index >= 15 is 0 Å². The van der Waals surface area contributed by atoms with Gasteiger partial charge in [-0.2, -0.15) is 0 Å². The highest BCUT2D eigenvalue weighted by molar-refractivity contribution is 6.37. The molecular formula is C12H17Cl2NO. The normalized spacial score (nSPS) is 12.7. The van der Waals surface area contributed by atoms with Gasteiger partial charge in [-0.05, 0) is 38.3 Å². The quantitative estimate of drug-likeness (QED) is 0.904. The third-order valence-electron chi connectivity index (χ3n) is 2.64. The number of halogens is 2. The summed E-state index contributed by atoms with van der Waals surface area (Å²) in [6.45, 7) is 5.79. The van der Waals surface area contributed by atoms with Crippen LogP contribution in [0.1, 0.15) is 23.6 Å². The van der Waals surface area contributed by atoms with Crippen LogP contribution in [0.3, 0.4) is 0 Å². The van der Waals surface area contributed by atoms with Crippen LogP contribution < -0.4 is 10.5 Å². The van der Waals surface area contributed by atoms with Crippen molar-refractivity contribution in [1.82, 2.24) is 0 Å². The molecule has 1 unspecified atom stereocenters. The molecular weight excluding hydrogens is 245 g/mol. The molecule has 0 saturated heterocycles. The second kappa shape index (κ2) is 5.26. The predicted molar refractivity (Wildman–Crippen MR) is 69.8 cm³/mol. The summed E-state index contributed by atoms with van der Waals surface area (Å²) < 4.78 is 5.35. The van der Waals surface area contributed by atoms with Gasteiger partial charge < -0.3 is 10.5 Å². The molecule has 90 valence electrons. The van der Waals surface area contributed by atoms with Crippen LogP contribution in [0.5, 0.6) is 5.75 Å². The van der Waals surface area contributed by atoms with Gasteiger partial charge in [0.05, 0.1) is 12.1 Å². The second-order valence-corrected chi connectivity index (χ2v) is 4.83. The first-order valence-electron chi connectivity index (χ1n) is 5.16. The minimum atomic E-state index is 0.0439. The van der Waals surface area contributed by atoms with Crippen LogP contribution in [0.4, 0.5) is 0 Å². The zero-order valence-corrected chi connectivity index (χ0v) is 11.5. The smallest absolute Gasteiger partial charge is 0.141 e. The van der Waals surface area contributed by atoms with Gasteiger partial charge in [0.1, 0.15) is 5.75 Å². The summed E-state index contributed by atoms with van der Waals surface area (Å²) >= 11 is 12.4. The highest BCUT2D eigenvalue weighted by Gasteiger charge is 2.18. The van der Waals surface area contributed by atoms with E-state index in [1.54, 1.807) is 7.11 Å². The van der Waals surface area contributed by atoms with Crippen molar-refractivity contribution >= 4 is 23.2 Å². The summed E-state index contributed by atoms with van der Waals surface area (Å²) in [5.74, 6) is 0.693. The van der Waals surface area contributed by atoms with E-state index in [2.05, 4.69) is 0 Å². The van der Waals surface area contributed by atoms with Gasteiger partial charge in [-0.25, -0.2) is 0 Å². The van der Waals surface area contributed by atoms with Crippen LogP contribution >= 0.6 is 23.2 Å². The molecule has 0 aliphatic heterocycles. The second-order valence-electron chi connectivity index (χ2n) is 4.07. The van der Waals surface area contributed by atoms with E-state index in [1.165, 1.54) is 0 Å². The number of benzene rings is 1. The largest absolute Gasteiger partial charge is 0.495 e. The Balaban J connectivity index is 3.44. The zero-order chi connectivity index (χ0) is 12.5. The van der Waals surface area contributed by atoms with Gasteiger partial charge in [0.25, 0.3) is 0 Å². The molecule has 2 N–H and O–H groups in total. The lowest BCUT2D eigenvalue weighted by Gasteiger charge is -2.18. The minimum absolute atomic E-state index is 0.0439. The van der Waals surface area contributed by atoms with Crippen LogP contribution in [-0.4, -0.2) is 13.2 Å². The summed E-state index contributed by atoms with van der Waals surface area (Å²) in [6.07, 6.45) is 0.703. The monoisotopic (exact) mass is 261 g/mol. The van der Waals surface area contributed by atoms with Crippen LogP contribution in [0, 0.1) is 13.8 Å². The number of nitrogens with two attached hydrogens (primary N) is 1. The first-order valence-corrected chi connectivity index (χ1v) is 5.92. The average molecular weight is 262 g/mol. The maximum atomic E-state index is 6.22. The van der Waals surface area contributed by atoms with Crippen LogP contribution in [0.2, 0.25) is 10.0 Å². The molecule has 0 saturated carbocycles. The lowest BCUT2D eigenvalue weighted by Crippen LogP contribution is -2.19. The van der Waals surface area contributed by atoms with Gasteiger partial charge in [-0.3, -0.25) is 0 Å². The topological polar surface area (TPSA) is 35.2 Å².